The van der Waals surface area contributed by atoms with E-state index in [4.69, 9.17) is 16.3 Å². The first-order valence-electron chi connectivity index (χ1n) is 9.48. The third kappa shape index (κ3) is 5.96. The third-order valence-electron chi connectivity index (χ3n) is 4.29. The second-order valence-corrected chi connectivity index (χ2v) is 8.91. The molecule has 0 aliphatic heterocycles. The molecule has 33 heavy (non-hydrogen) atoms. The zero-order chi connectivity index (χ0) is 24.2. The van der Waals surface area contributed by atoms with Crippen LogP contribution in [0.2, 0.25) is 5.02 Å². The normalized spacial score (nSPS) is 10.9. The maximum atomic E-state index is 12.8. The van der Waals surface area contributed by atoms with E-state index >= 15 is 0 Å². The minimum Gasteiger partial charge on any atom is -0.496 e. The number of sulfonamides is 1. The van der Waals surface area contributed by atoms with Gasteiger partial charge in [-0.15, -0.1) is 0 Å². The smallest absolute Gasteiger partial charge is 0.264 e. The highest BCUT2D eigenvalue weighted by atomic mass is 35.5. The SMILES string of the molecule is COc1cc(NC(C)=O)c(Cl)cc1C(=O)Nc1ccc(S(=O)(=O)Nc2nccc(C)n2)cc1. The average molecular weight is 490 g/mol. The van der Waals surface area contributed by atoms with Crippen LogP contribution in [0.3, 0.4) is 0 Å². The summed E-state index contributed by atoms with van der Waals surface area (Å²) in [5, 5.41) is 5.36. The van der Waals surface area contributed by atoms with Crippen molar-refractivity contribution in [1.82, 2.24) is 9.97 Å². The van der Waals surface area contributed by atoms with E-state index in [2.05, 4.69) is 25.3 Å². The predicted molar refractivity (Wildman–Crippen MR) is 124 cm³/mol. The van der Waals surface area contributed by atoms with Crippen LogP contribution in [0.25, 0.3) is 0 Å². The summed E-state index contributed by atoms with van der Waals surface area (Å²) < 4.78 is 32.7. The van der Waals surface area contributed by atoms with Crippen molar-refractivity contribution in [3.8, 4) is 5.75 Å². The average Bonchev–Trinajstić information content (AvgIpc) is 2.74. The number of carbonyl (C=O) groups is 2. The van der Waals surface area contributed by atoms with Crippen LogP contribution in [-0.2, 0) is 14.8 Å². The van der Waals surface area contributed by atoms with Crippen molar-refractivity contribution in [1.29, 1.82) is 0 Å². The Morgan fingerprint density at radius 1 is 1.06 bits per heavy atom. The molecule has 3 aromatic rings. The number of ether oxygens (including phenoxy) is 1. The number of aryl methyl sites for hydroxylation is 1. The molecule has 0 aliphatic carbocycles. The summed E-state index contributed by atoms with van der Waals surface area (Å²) in [5.74, 6) is -0.707. The minimum absolute atomic E-state index is 0.0362. The molecule has 0 radical (unpaired) electrons. The Hall–Kier alpha value is -3.70. The van der Waals surface area contributed by atoms with E-state index in [1.54, 1.807) is 13.0 Å². The number of benzene rings is 2. The summed E-state index contributed by atoms with van der Waals surface area (Å²) in [6, 6.07) is 9.98. The molecule has 0 aliphatic rings. The van der Waals surface area contributed by atoms with Gasteiger partial charge in [-0.25, -0.2) is 23.1 Å². The van der Waals surface area contributed by atoms with Crippen LogP contribution >= 0.6 is 11.6 Å². The van der Waals surface area contributed by atoms with Crippen molar-refractivity contribution in [2.75, 3.05) is 22.5 Å². The van der Waals surface area contributed by atoms with Gasteiger partial charge in [0.1, 0.15) is 5.75 Å². The van der Waals surface area contributed by atoms with Crippen molar-refractivity contribution >= 4 is 50.8 Å². The van der Waals surface area contributed by atoms with Gasteiger partial charge in [-0.3, -0.25) is 9.59 Å². The topological polar surface area (TPSA) is 139 Å². The van der Waals surface area contributed by atoms with E-state index in [-0.39, 0.29) is 33.1 Å². The number of aromatic nitrogens is 2. The van der Waals surface area contributed by atoms with Gasteiger partial charge >= 0.3 is 0 Å². The summed E-state index contributed by atoms with van der Waals surface area (Å²) in [5.41, 5.74) is 1.39. The van der Waals surface area contributed by atoms with Crippen molar-refractivity contribution in [3.63, 3.8) is 0 Å². The number of nitrogens with zero attached hydrogens (tertiary/aromatic N) is 2. The Kier molecular flexibility index (Phi) is 7.14. The molecular weight excluding hydrogens is 470 g/mol. The molecule has 0 unspecified atom stereocenters. The van der Waals surface area contributed by atoms with Crippen LogP contribution in [0.15, 0.2) is 53.6 Å². The number of amides is 2. The van der Waals surface area contributed by atoms with Crippen LogP contribution in [-0.4, -0.2) is 37.3 Å². The Morgan fingerprint density at radius 2 is 1.76 bits per heavy atom. The Balaban J connectivity index is 1.77. The highest BCUT2D eigenvalue weighted by molar-refractivity contribution is 7.92. The lowest BCUT2D eigenvalue weighted by Crippen LogP contribution is -2.16. The zero-order valence-corrected chi connectivity index (χ0v) is 19.4. The van der Waals surface area contributed by atoms with E-state index in [1.165, 1.54) is 56.6 Å². The summed E-state index contributed by atoms with van der Waals surface area (Å²) >= 11 is 6.16. The van der Waals surface area contributed by atoms with Gasteiger partial charge in [0.05, 0.1) is 28.3 Å². The molecule has 172 valence electrons. The Bertz CT molecular complexity index is 1310. The molecule has 0 saturated carbocycles. The summed E-state index contributed by atoms with van der Waals surface area (Å²) in [7, 11) is -2.54. The molecule has 10 nitrogen and oxygen atoms in total. The van der Waals surface area contributed by atoms with Gasteiger partial charge in [0, 0.05) is 30.6 Å². The van der Waals surface area contributed by atoms with Crippen LogP contribution in [0.4, 0.5) is 17.3 Å². The van der Waals surface area contributed by atoms with Gasteiger partial charge < -0.3 is 15.4 Å². The third-order valence-corrected chi connectivity index (χ3v) is 5.94. The van der Waals surface area contributed by atoms with Crippen LogP contribution in [0.5, 0.6) is 5.75 Å². The van der Waals surface area contributed by atoms with Crippen LogP contribution < -0.4 is 20.1 Å². The van der Waals surface area contributed by atoms with E-state index in [0.29, 0.717) is 17.1 Å². The standard InChI is InChI=1S/C21H20ClN5O5S/c1-12-8-9-23-21(24-12)27-33(30,31)15-6-4-14(5-7-15)26-20(29)16-10-17(22)18(25-13(2)28)11-19(16)32-3/h4-11H,1-3H3,(H,25,28)(H,26,29)(H,23,24,27). The number of nitrogens with one attached hydrogen (secondary N) is 3. The lowest BCUT2D eigenvalue weighted by atomic mass is 10.1. The molecule has 3 N–H and O–H groups in total. The fraction of sp³-hybridized carbons (Fsp3) is 0.143. The number of halogens is 1. The number of methoxy groups -OCH3 is 1. The van der Waals surface area contributed by atoms with Gasteiger partial charge in [0.15, 0.2) is 0 Å². The van der Waals surface area contributed by atoms with Gasteiger partial charge in [0.25, 0.3) is 15.9 Å². The second-order valence-electron chi connectivity index (χ2n) is 6.82. The maximum absolute atomic E-state index is 12.8. The van der Waals surface area contributed by atoms with Crippen molar-refractivity contribution in [2.24, 2.45) is 0 Å². The molecule has 0 bridgehead atoms. The molecule has 0 saturated heterocycles. The summed E-state index contributed by atoms with van der Waals surface area (Å²) in [6.07, 6.45) is 1.45. The molecular formula is C21H20ClN5O5S. The number of carbonyl (C=O) groups excluding carboxylic acids is 2. The molecule has 0 spiro atoms. The molecule has 3 rings (SSSR count). The van der Waals surface area contributed by atoms with Crippen molar-refractivity contribution < 1.29 is 22.7 Å². The lowest BCUT2D eigenvalue weighted by Gasteiger charge is -2.13. The number of hydrogen-bond acceptors (Lipinski definition) is 7. The van der Waals surface area contributed by atoms with Crippen LogP contribution in [0, 0.1) is 6.92 Å². The van der Waals surface area contributed by atoms with Gasteiger partial charge in [-0.1, -0.05) is 11.6 Å². The fourth-order valence-corrected chi connectivity index (χ4v) is 3.94. The summed E-state index contributed by atoms with van der Waals surface area (Å²) in [6.45, 7) is 3.04. The van der Waals surface area contributed by atoms with Gasteiger partial charge in [-0.05, 0) is 43.3 Å². The highest BCUT2D eigenvalue weighted by Crippen LogP contribution is 2.31. The van der Waals surface area contributed by atoms with E-state index < -0.39 is 15.9 Å². The molecule has 12 heteroatoms. The van der Waals surface area contributed by atoms with Gasteiger partial charge in [0.2, 0.25) is 11.9 Å². The number of rotatable bonds is 7. The quantitative estimate of drug-likeness (QED) is 0.461. The highest BCUT2D eigenvalue weighted by Gasteiger charge is 2.19. The number of anilines is 3. The molecule has 1 aromatic heterocycles. The van der Waals surface area contributed by atoms with E-state index in [0.717, 1.165) is 0 Å². The predicted octanol–water partition coefficient (Wildman–Crippen LogP) is 3.46. The number of hydrogen-bond donors (Lipinski definition) is 3. The zero-order valence-electron chi connectivity index (χ0n) is 17.8. The molecule has 1 heterocycles. The monoisotopic (exact) mass is 489 g/mol. The maximum Gasteiger partial charge on any atom is 0.264 e. The first-order chi connectivity index (χ1) is 15.6. The molecule has 2 amide bonds. The molecule has 0 fully saturated rings. The first-order valence-corrected chi connectivity index (χ1v) is 11.3. The van der Waals surface area contributed by atoms with Crippen molar-refractivity contribution in [3.05, 3.63) is 64.9 Å². The van der Waals surface area contributed by atoms with Crippen molar-refractivity contribution in [2.45, 2.75) is 18.7 Å². The van der Waals surface area contributed by atoms with E-state index in [9.17, 15) is 18.0 Å². The molecule has 2 aromatic carbocycles. The Labute approximate surface area is 195 Å². The minimum atomic E-state index is -3.92. The van der Waals surface area contributed by atoms with Gasteiger partial charge in [-0.2, -0.15) is 0 Å². The molecule has 0 atom stereocenters. The summed E-state index contributed by atoms with van der Waals surface area (Å²) in [4.78, 5) is 31.9. The fourth-order valence-electron chi connectivity index (χ4n) is 2.78. The lowest BCUT2D eigenvalue weighted by molar-refractivity contribution is -0.114. The van der Waals surface area contributed by atoms with Crippen LogP contribution in [0.1, 0.15) is 23.0 Å². The second kappa shape index (κ2) is 9.84. The van der Waals surface area contributed by atoms with E-state index in [1.807, 2.05) is 0 Å². The largest absolute Gasteiger partial charge is 0.496 e. The Morgan fingerprint density at radius 3 is 2.36 bits per heavy atom. The first kappa shape index (κ1) is 24.0.